The monoisotopic (exact) mass is 396 g/mol. The molecule has 1 aromatic rings. The summed E-state index contributed by atoms with van der Waals surface area (Å²) in [5.41, 5.74) is 0.462. The van der Waals surface area contributed by atoms with Crippen LogP contribution in [-0.4, -0.2) is 52.3 Å². The van der Waals surface area contributed by atoms with E-state index < -0.39 is 28.2 Å². The van der Waals surface area contributed by atoms with Gasteiger partial charge in [0, 0.05) is 24.6 Å². The molecule has 3 rings (SSSR count). The lowest BCUT2D eigenvalue weighted by Gasteiger charge is -2.32. The lowest BCUT2D eigenvalue weighted by atomic mass is 9.77. The number of benzene rings is 1. The Morgan fingerprint density at radius 2 is 1.70 bits per heavy atom. The van der Waals surface area contributed by atoms with Gasteiger partial charge in [-0.3, -0.25) is 0 Å². The third-order valence-electron chi connectivity index (χ3n) is 5.47. The fraction of sp³-hybridized carbons (Fsp3) is 0.684. The van der Waals surface area contributed by atoms with Gasteiger partial charge in [-0.25, -0.2) is 8.42 Å². The van der Waals surface area contributed by atoms with E-state index in [2.05, 4.69) is 0 Å². The molecule has 0 N–H and O–H groups in total. The van der Waals surface area contributed by atoms with Crippen molar-refractivity contribution >= 4 is 22.4 Å². The number of hydrogen-bond acceptors (Lipinski definition) is 6. The Balaban J connectivity index is 1.93. The van der Waals surface area contributed by atoms with Crippen LogP contribution >= 0.6 is 0 Å². The number of hydrogen-bond donors (Lipinski definition) is 0. The first-order valence-corrected chi connectivity index (χ1v) is 11.4. The fourth-order valence-electron chi connectivity index (χ4n) is 3.23. The molecule has 1 aromatic carbocycles. The summed E-state index contributed by atoms with van der Waals surface area (Å²) in [5, 5.41) is 0. The van der Waals surface area contributed by atoms with Crippen LogP contribution in [0.4, 0.5) is 0 Å². The molecular weight excluding hydrogens is 367 g/mol. The predicted octanol–water partition coefficient (Wildman–Crippen LogP) is 2.09. The molecule has 2 heterocycles. The summed E-state index contributed by atoms with van der Waals surface area (Å²) in [6, 6.07) is 5.46. The van der Waals surface area contributed by atoms with E-state index in [1.165, 1.54) is 6.26 Å². The number of sulfone groups is 1. The Hall–Kier alpha value is -1.09. The highest BCUT2D eigenvalue weighted by Crippen LogP contribution is 2.37. The zero-order chi connectivity index (χ0) is 19.9. The first-order chi connectivity index (χ1) is 12.5. The highest BCUT2D eigenvalue weighted by molar-refractivity contribution is 7.89. The van der Waals surface area contributed by atoms with Crippen molar-refractivity contribution in [1.29, 1.82) is 0 Å². The maximum absolute atomic E-state index is 11.7. The van der Waals surface area contributed by atoms with Gasteiger partial charge in [-0.2, -0.15) is 0 Å². The third-order valence-corrected chi connectivity index (χ3v) is 6.33. The number of rotatable bonds is 5. The minimum absolute atomic E-state index is 0.0307. The molecule has 2 aliphatic heterocycles. The van der Waals surface area contributed by atoms with Crippen LogP contribution in [0.2, 0.25) is 0 Å². The van der Waals surface area contributed by atoms with E-state index in [-0.39, 0.29) is 11.9 Å². The van der Waals surface area contributed by atoms with Gasteiger partial charge < -0.3 is 18.8 Å². The molecular formula is C19H29BO6S. The molecule has 0 saturated carbocycles. The molecule has 0 unspecified atom stereocenters. The maximum atomic E-state index is 11.7. The Morgan fingerprint density at radius 3 is 2.26 bits per heavy atom. The van der Waals surface area contributed by atoms with Crippen molar-refractivity contribution in [3.63, 3.8) is 0 Å². The summed E-state index contributed by atoms with van der Waals surface area (Å²) in [4.78, 5) is 0. The summed E-state index contributed by atoms with van der Waals surface area (Å²) in [6.45, 7) is 9.34. The molecule has 0 bridgehead atoms. The fourth-order valence-corrected chi connectivity index (χ4v) is 4.01. The number of ether oxygens (including phenoxy) is 2. The van der Waals surface area contributed by atoms with Crippen molar-refractivity contribution in [3.8, 4) is 5.75 Å². The molecule has 27 heavy (non-hydrogen) atoms. The van der Waals surface area contributed by atoms with Crippen molar-refractivity contribution in [2.75, 3.05) is 19.5 Å². The van der Waals surface area contributed by atoms with E-state index in [1.807, 2.05) is 39.8 Å². The largest absolute Gasteiger partial charge is 0.498 e. The average Bonchev–Trinajstić information content (AvgIpc) is 2.76. The van der Waals surface area contributed by atoms with Crippen molar-refractivity contribution in [2.24, 2.45) is 0 Å². The minimum Gasteiger partial charge on any atom is -0.491 e. The Bertz CT molecular complexity index is 767. The van der Waals surface area contributed by atoms with E-state index in [4.69, 9.17) is 18.8 Å². The van der Waals surface area contributed by atoms with Crippen molar-refractivity contribution in [2.45, 2.75) is 63.6 Å². The quantitative estimate of drug-likeness (QED) is 0.710. The standard InChI is InChI=1S/C19H29BO6S/c1-18(2)19(3,4)26-20(25-18)16-12-14(13-27(5,21)22)6-7-17(16)24-15-8-10-23-11-9-15/h6-7,12,15H,8-11,13H2,1-5H3. The molecule has 150 valence electrons. The molecule has 2 aliphatic rings. The molecule has 0 atom stereocenters. The maximum Gasteiger partial charge on any atom is 0.498 e. The molecule has 0 aromatic heterocycles. The highest BCUT2D eigenvalue weighted by Gasteiger charge is 2.52. The minimum atomic E-state index is -3.14. The van der Waals surface area contributed by atoms with E-state index in [1.54, 1.807) is 6.07 Å². The molecule has 6 nitrogen and oxygen atoms in total. The lowest BCUT2D eigenvalue weighted by Crippen LogP contribution is -2.41. The molecule has 8 heteroatoms. The van der Waals surface area contributed by atoms with Crippen LogP contribution in [0.15, 0.2) is 18.2 Å². The topological polar surface area (TPSA) is 71.1 Å². The van der Waals surface area contributed by atoms with Crippen LogP contribution in [0.25, 0.3) is 0 Å². The average molecular weight is 396 g/mol. The van der Waals surface area contributed by atoms with Gasteiger partial charge in [0.05, 0.1) is 30.2 Å². The molecule has 0 spiro atoms. The molecule has 0 aliphatic carbocycles. The smallest absolute Gasteiger partial charge is 0.491 e. The van der Waals surface area contributed by atoms with E-state index >= 15 is 0 Å². The third kappa shape index (κ3) is 4.85. The Labute approximate surface area is 162 Å². The van der Waals surface area contributed by atoms with Crippen LogP contribution < -0.4 is 10.2 Å². The van der Waals surface area contributed by atoms with E-state index in [0.717, 1.165) is 18.3 Å². The van der Waals surface area contributed by atoms with Crippen LogP contribution in [0, 0.1) is 0 Å². The van der Waals surface area contributed by atoms with E-state index in [9.17, 15) is 8.42 Å². The summed E-state index contributed by atoms with van der Waals surface area (Å²) in [5.74, 6) is 0.648. The zero-order valence-corrected chi connectivity index (χ0v) is 17.6. The molecule has 2 saturated heterocycles. The first-order valence-electron chi connectivity index (χ1n) is 9.37. The summed E-state index contributed by atoms with van der Waals surface area (Å²) < 4.78 is 47.5. The van der Waals surface area contributed by atoms with Crippen LogP contribution in [0.3, 0.4) is 0 Å². The SMILES string of the molecule is CC1(C)OB(c2cc(CS(C)(=O)=O)ccc2OC2CCOCC2)OC1(C)C. The van der Waals surface area contributed by atoms with Crippen LogP contribution in [-0.2, 0) is 29.6 Å². The lowest BCUT2D eigenvalue weighted by molar-refractivity contribution is 0.00578. The second kappa shape index (κ2) is 7.39. The van der Waals surface area contributed by atoms with Crippen LogP contribution in [0.1, 0.15) is 46.1 Å². The van der Waals surface area contributed by atoms with Gasteiger partial charge in [0.2, 0.25) is 0 Å². The first kappa shape index (κ1) is 20.6. The van der Waals surface area contributed by atoms with Gasteiger partial charge in [-0.15, -0.1) is 0 Å². The van der Waals surface area contributed by atoms with Crippen LogP contribution in [0.5, 0.6) is 5.75 Å². The highest BCUT2D eigenvalue weighted by atomic mass is 32.2. The second-order valence-corrected chi connectivity index (χ2v) is 10.6. The Kier molecular flexibility index (Phi) is 5.65. The van der Waals surface area contributed by atoms with Gasteiger partial charge in [0.25, 0.3) is 0 Å². The summed E-state index contributed by atoms with van der Waals surface area (Å²) >= 11 is 0. The molecule has 0 amide bonds. The molecule has 0 radical (unpaired) electrons. The summed E-state index contributed by atoms with van der Waals surface area (Å²) in [7, 11) is -3.75. The summed E-state index contributed by atoms with van der Waals surface area (Å²) in [6.07, 6.45) is 2.95. The normalized spacial score (nSPS) is 22.8. The van der Waals surface area contributed by atoms with E-state index in [0.29, 0.717) is 24.5 Å². The Morgan fingerprint density at radius 1 is 1.11 bits per heavy atom. The van der Waals surface area contributed by atoms with Gasteiger partial charge >= 0.3 is 7.12 Å². The van der Waals surface area contributed by atoms with Crippen molar-refractivity contribution < 1.29 is 27.2 Å². The van der Waals surface area contributed by atoms with Gasteiger partial charge in [0.15, 0.2) is 9.84 Å². The zero-order valence-electron chi connectivity index (χ0n) is 16.8. The predicted molar refractivity (Wildman–Crippen MR) is 105 cm³/mol. The molecule has 2 fully saturated rings. The van der Waals surface area contributed by atoms with Crippen molar-refractivity contribution in [3.05, 3.63) is 23.8 Å². The van der Waals surface area contributed by atoms with Gasteiger partial charge in [0.1, 0.15) is 11.9 Å². The van der Waals surface area contributed by atoms with Crippen molar-refractivity contribution in [1.82, 2.24) is 0 Å². The second-order valence-electron chi connectivity index (χ2n) is 8.46. The van der Waals surface area contributed by atoms with Gasteiger partial charge in [-0.05, 0) is 39.3 Å². The van der Waals surface area contributed by atoms with Gasteiger partial charge in [-0.1, -0.05) is 12.1 Å².